The van der Waals surface area contributed by atoms with E-state index in [-0.39, 0.29) is 6.10 Å². The number of nitrogens with zero attached hydrogens (tertiary/aromatic N) is 1. The van der Waals surface area contributed by atoms with E-state index in [9.17, 15) is 0 Å². The van der Waals surface area contributed by atoms with Crippen LogP contribution in [0.25, 0.3) is 0 Å². The second-order valence-electron chi connectivity index (χ2n) is 4.71. The summed E-state index contributed by atoms with van der Waals surface area (Å²) in [7, 11) is 1.78. The van der Waals surface area contributed by atoms with Gasteiger partial charge in [-0.05, 0) is 24.7 Å². The summed E-state index contributed by atoms with van der Waals surface area (Å²) in [4.78, 5) is 5.94. The molecule has 0 aliphatic heterocycles. The third-order valence-corrected chi connectivity index (χ3v) is 4.18. The summed E-state index contributed by atoms with van der Waals surface area (Å²) in [5.74, 6) is 1.13. The molecular weight excluding hydrogens is 220 g/mol. The Morgan fingerprint density at radius 3 is 2.56 bits per heavy atom. The van der Waals surface area contributed by atoms with E-state index in [1.54, 1.807) is 18.4 Å². The van der Waals surface area contributed by atoms with E-state index in [1.807, 2.05) is 0 Å². The van der Waals surface area contributed by atoms with Crippen molar-refractivity contribution in [1.82, 2.24) is 4.98 Å². The van der Waals surface area contributed by atoms with Crippen LogP contribution < -0.4 is 5.73 Å². The fraction of sp³-hybridized carbons (Fsp3) is 0.750. The number of nitrogens with two attached hydrogens (primary N) is 1. The van der Waals surface area contributed by atoms with Crippen molar-refractivity contribution >= 4 is 11.3 Å². The molecule has 90 valence electrons. The number of rotatable bonds is 5. The van der Waals surface area contributed by atoms with Crippen LogP contribution in [0.3, 0.4) is 0 Å². The van der Waals surface area contributed by atoms with Gasteiger partial charge in [-0.3, -0.25) is 0 Å². The molecule has 1 saturated carbocycles. The molecular formula is C12H20N2OS. The monoisotopic (exact) mass is 240 g/mol. The topological polar surface area (TPSA) is 48.1 Å². The Bertz CT molecular complexity index is 358. The quantitative estimate of drug-likeness (QED) is 0.861. The van der Waals surface area contributed by atoms with Gasteiger partial charge in [0.1, 0.15) is 11.1 Å². The number of hydrogen-bond donors (Lipinski definition) is 1. The van der Waals surface area contributed by atoms with Gasteiger partial charge in [-0.25, -0.2) is 4.98 Å². The van der Waals surface area contributed by atoms with Crippen molar-refractivity contribution in [3.05, 3.63) is 15.6 Å². The molecule has 16 heavy (non-hydrogen) atoms. The molecule has 0 aromatic carbocycles. The molecule has 1 fully saturated rings. The molecule has 1 aromatic rings. The van der Waals surface area contributed by atoms with Crippen molar-refractivity contribution in [2.45, 2.75) is 45.3 Å². The first-order valence-corrected chi connectivity index (χ1v) is 6.71. The minimum atomic E-state index is 0.197. The van der Waals surface area contributed by atoms with Gasteiger partial charge in [0.15, 0.2) is 0 Å². The van der Waals surface area contributed by atoms with E-state index in [4.69, 9.17) is 15.5 Å². The molecule has 1 aliphatic carbocycles. The Labute approximate surface area is 101 Å². The molecule has 0 amide bonds. The molecule has 1 heterocycles. The summed E-state index contributed by atoms with van der Waals surface area (Å²) in [5.41, 5.74) is 6.92. The van der Waals surface area contributed by atoms with Crippen LogP contribution in [0.2, 0.25) is 0 Å². The minimum Gasteiger partial charge on any atom is -0.374 e. The van der Waals surface area contributed by atoms with Crippen LogP contribution in [0.5, 0.6) is 0 Å². The van der Waals surface area contributed by atoms with E-state index in [0.29, 0.717) is 18.4 Å². The summed E-state index contributed by atoms with van der Waals surface area (Å²) in [6, 6.07) is 0. The van der Waals surface area contributed by atoms with Crippen molar-refractivity contribution < 1.29 is 4.74 Å². The lowest BCUT2D eigenvalue weighted by molar-refractivity contribution is 0.0842. The third-order valence-electron chi connectivity index (χ3n) is 3.02. The zero-order chi connectivity index (χ0) is 11.7. The van der Waals surface area contributed by atoms with Crippen LogP contribution in [0, 0.1) is 5.92 Å². The molecule has 0 radical (unpaired) electrons. The lowest BCUT2D eigenvalue weighted by atomic mass is 10.1. The first-order chi connectivity index (χ1) is 7.67. The number of methoxy groups -OCH3 is 1. The highest BCUT2D eigenvalue weighted by Gasteiger charge is 2.35. The van der Waals surface area contributed by atoms with Crippen LogP contribution >= 0.6 is 11.3 Å². The summed E-state index contributed by atoms with van der Waals surface area (Å²) in [6.45, 7) is 4.92. The maximum absolute atomic E-state index is 5.76. The molecule has 1 unspecified atom stereocenters. The predicted molar refractivity (Wildman–Crippen MR) is 66.6 cm³/mol. The molecule has 4 heteroatoms. The van der Waals surface area contributed by atoms with Gasteiger partial charge < -0.3 is 10.5 Å². The van der Waals surface area contributed by atoms with Crippen molar-refractivity contribution in [3.63, 3.8) is 0 Å². The van der Waals surface area contributed by atoms with Gasteiger partial charge in [0.25, 0.3) is 0 Å². The smallest absolute Gasteiger partial charge is 0.122 e. The van der Waals surface area contributed by atoms with Crippen molar-refractivity contribution in [2.75, 3.05) is 7.11 Å². The molecule has 1 aromatic heterocycles. The van der Waals surface area contributed by atoms with Crippen LogP contribution in [0.4, 0.5) is 0 Å². The van der Waals surface area contributed by atoms with Crippen LogP contribution in [-0.2, 0) is 11.3 Å². The first kappa shape index (κ1) is 12.0. The van der Waals surface area contributed by atoms with Gasteiger partial charge in [0.05, 0.1) is 5.69 Å². The second kappa shape index (κ2) is 4.82. The average Bonchev–Trinajstić information content (AvgIpc) is 2.98. The first-order valence-electron chi connectivity index (χ1n) is 5.89. The van der Waals surface area contributed by atoms with E-state index < -0.39 is 0 Å². The van der Waals surface area contributed by atoms with Crippen LogP contribution in [-0.4, -0.2) is 12.1 Å². The molecule has 2 N–H and O–H groups in total. The standard InChI is InChI=1S/C12H20N2OS/c1-7(2)10-9(6-13)16-12(14-10)11(15-3)8-4-5-8/h7-8,11H,4-6,13H2,1-3H3. The maximum atomic E-state index is 5.76. The Balaban J connectivity index is 2.26. The number of hydrogen-bond acceptors (Lipinski definition) is 4. The molecule has 0 bridgehead atoms. The van der Waals surface area contributed by atoms with E-state index in [0.717, 1.165) is 10.7 Å². The molecule has 1 atom stereocenters. The molecule has 2 rings (SSSR count). The highest BCUT2D eigenvalue weighted by atomic mass is 32.1. The normalized spacial score (nSPS) is 18.1. The second-order valence-corrected chi connectivity index (χ2v) is 5.83. The maximum Gasteiger partial charge on any atom is 0.122 e. The molecule has 0 saturated heterocycles. The van der Waals surface area contributed by atoms with Gasteiger partial charge in [0, 0.05) is 18.5 Å². The fourth-order valence-electron chi connectivity index (χ4n) is 2.00. The summed E-state index contributed by atoms with van der Waals surface area (Å²) >= 11 is 1.73. The fourth-order valence-corrected chi connectivity index (χ4v) is 3.27. The van der Waals surface area contributed by atoms with Gasteiger partial charge in [0.2, 0.25) is 0 Å². The van der Waals surface area contributed by atoms with Crippen LogP contribution in [0.1, 0.15) is 54.3 Å². The summed E-state index contributed by atoms with van der Waals surface area (Å²) < 4.78 is 5.56. The highest BCUT2D eigenvalue weighted by molar-refractivity contribution is 7.11. The van der Waals surface area contributed by atoms with Gasteiger partial charge in [-0.1, -0.05) is 13.8 Å². The lowest BCUT2D eigenvalue weighted by Crippen LogP contribution is -2.03. The number of thiazole rings is 1. The minimum absolute atomic E-state index is 0.197. The van der Waals surface area contributed by atoms with Crippen LogP contribution in [0.15, 0.2) is 0 Å². The highest BCUT2D eigenvalue weighted by Crippen LogP contribution is 2.44. The van der Waals surface area contributed by atoms with E-state index in [1.165, 1.54) is 17.7 Å². The van der Waals surface area contributed by atoms with Gasteiger partial charge >= 0.3 is 0 Å². The SMILES string of the molecule is COC(c1nc(C(C)C)c(CN)s1)C1CC1. The Hall–Kier alpha value is -0.450. The average molecular weight is 240 g/mol. The zero-order valence-electron chi connectivity index (χ0n) is 10.2. The van der Waals surface area contributed by atoms with Gasteiger partial charge in [-0.15, -0.1) is 11.3 Å². The molecule has 1 aliphatic rings. The summed E-state index contributed by atoms with van der Waals surface area (Å²) in [5, 5.41) is 1.12. The third kappa shape index (κ3) is 2.29. The van der Waals surface area contributed by atoms with Crippen molar-refractivity contribution in [2.24, 2.45) is 11.7 Å². The van der Waals surface area contributed by atoms with E-state index >= 15 is 0 Å². The Morgan fingerprint density at radius 1 is 1.50 bits per heavy atom. The molecule has 0 spiro atoms. The zero-order valence-corrected chi connectivity index (χ0v) is 11.0. The predicted octanol–water partition coefficient (Wildman–Crippen LogP) is 2.82. The van der Waals surface area contributed by atoms with Gasteiger partial charge in [-0.2, -0.15) is 0 Å². The largest absolute Gasteiger partial charge is 0.374 e. The Kier molecular flexibility index (Phi) is 3.62. The Morgan fingerprint density at radius 2 is 2.19 bits per heavy atom. The summed E-state index contributed by atoms with van der Waals surface area (Å²) in [6.07, 6.45) is 2.74. The van der Waals surface area contributed by atoms with Crippen molar-refractivity contribution in [1.29, 1.82) is 0 Å². The number of aromatic nitrogens is 1. The van der Waals surface area contributed by atoms with Crippen molar-refractivity contribution in [3.8, 4) is 0 Å². The molecule has 3 nitrogen and oxygen atoms in total. The van der Waals surface area contributed by atoms with E-state index in [2.05, 4.69) is 13.8 Å². The lowest BCUT2D eigenvalue weighted by Gasteiger charge is -2.10. The number of ether oxygens (including phenoxy) is 1.